The minimum Gasteiger partial charge on any atom is -0.352 e. The summed E-state index contributed by atoms with van der Waals surface area (Å²) in [6.45, 7) is 8.00. The van der Waals surface area contributed by atoms with E-state index in [0.29, 0.717) is 28.6 Å². The quantitative estimate of drug-likeness (QED) is 0.341. The SMILES string of the molecule is CC[C@H](C)NC(=O)[C@H](CC)N(Cc1ccc(Cl)c(Cl)c1)C(=O)CCCN(c1ccc(C)cc1)S(C)(=O)=O. The van der Waals surface area contributed by atoms with Crippen LogP contribution < -0.4 is 9.62 Å². The largest absolute Gasteiger partial charge is 0.352 e. The number of nitrogens with one attached hydrogen (secondary N) is 1. The number of anilines is 1. The van der Waals surface area contributed by atoms with E-state index in [2.05, 4.69) is 5.32 Å². The molecule has 0 heterocycles. The van der Waals surface area contributed by atoms with Crippen LogP contribution in [0.2, 0.25) is 10.0 Å². The summed E-state index contributed by atoms with van der Waals surface area (Å²) in [5, 5.41) is 3.75. The van der Waals surface area contributed by atoms with Gasteiger partial charge in [0.05, 0.1) is 22.0 Å². The van der Waals surface area contributed by atoms with Gasteiger partial charge >= 0.3 is 0 Å². The van der Waals surface area contributed by atoms with Crippen LogP contribution in [0.1, 0.15) is 57.6 Å². The molecule has 0 unspecified atom stereocenters. The zero-order valence-corrected chi connectivity index (χ0v) is 24.5. The van der Waals surface area contributed by atoms with Gasteiger partial charge in [0.1, 0.15) is 6.04 Å². The fourth-order valence-electron chi connectivity index (χ4n) is 3.91. The first-order valence-corrected chi connectivity index (χ1v) is 15.1. The van der Waals surface area contributed by atoms with Gasteiger partial charge in [-0.1, -0.05) is 60.8 Å². The standard InChI is InChI=1S/C27H37Cl2N3O4S/c1-6-20(4)30-27(34)25(7-2)31(18-21-12-15-23(28)24(29)17-21)26(33)9-8-16-32(37(5,35)36)22-13-10-19(3)11-14-22/h10-15,17,20,25H,6-9,16,18H2,1-5H3,(H,30,34)/t20-,25-/m0/s1. The van der Waals surface area contributed by atoms with Crippen molar-refractivity contribution in [2.45, 2.75) is 72.0 Å². The fourth-order valence-corrected chi connectivity index (χ4v) is 5.20. The first-order valence-electron chi connectivity index (χ1n) is 12.5. The summed E-state index contributed by atoms with van der Waals surface area (Å²) < 4.78 is 26.2. The smallest absolute Gasteiger partial charge is 0.243 e. The van der Waals surface area contributed by atoms with Crippen molar-refractivity contribution in [1.29, 1.82) is 0 Å². The summed E-state index contributed by atoms with van der Waals surface area (Å²) in [4.78, 5) is 28.1. The van der Waals surface area contributed by atoms with Crippen LogP contribution in [0.25, 0.3) is 0 Å². The normalized spacial score (nSPS) is 13.1. The summed E-state index contributed by atoms with van der Waals surface area (Å²) in [5.74, 6) is -0.461. The minimum absolute atomic E-state index is 0.0266. The molecule has 0 aromatic heterocycles. The lowest BCUT2D eigenvalue weighted by Gasteiger charge is -2.32. The number of halogens is 2. The van der Waals surface area contributed by atoms with Gasteiger partial charge in [-0.2, -0.15) is 0 Å². The van der Waals surface area contributed by atoms with Crippen LogP contribution in [0.3, 0.4) is 0 Å². The van der Waals surface area contributed by atoms with Crippen LogP contribution in [0.15, 0.2) is 42.5 Å². The molecule has 0 bridgehead atoms. The summed E-state index contributed by atoms with van der Waals surface area (Å²) in [6.07, 6.45) is 2.71. The van der Waals surface area contributed by atoms with Crippen LogP contribution in [-0.4, -0.2) is 50.0 Å². The zero-order chi connectivity index (χ0) is 27.8. The summed E-state index contributed by atoms with van der Waals surface area (Å²) >= 11 is 12.2. The maximum absolute atomic E-state index is 13.5. The van der Waals surface area contributed by atoms with Gasteiger partial charge in [0.15, 0.2) is 0 Å². The highest BCUT2D eigenvalue weighted by Crippen LogP contribution is 2.25. The zero-order valence-electron chi connectivity index (χ0n) is 22.1. The molecule has 2 rings (SSSR count). The Morgan fingerprint density at radius 3 is 2.19 bits per heavy atom. The number of sulfonamides is 1. The monoisotopic (exact) mass is 569 g/mol. The van der Waals surface area contributed by atoms with Crippen molar-refractivity contribution in [2.24, 2.45) is 0 Å². The molecular formula is C27H37Cl2N3O4S. The molecule has 0 saturated carbocycles. The molecule has 2 aromatic rings. The highest BCUT2D eigenvalue weighted by atomic mass is 35.5. The summed E-state index contributed by atoms with van der Waals surface area (Å²) in [6, 6.07) is 11.6. The maximum Gasteiger partial charge on any atom is 0.243 e. The van der Waals surface area contributed by atoms with Gasteiger partial charge in [-0.25, -0.2) is 8.42 Å². The van der Waals surface area contributed by atoms with Crippen molar-refractivity contribution in [1.82, 2.24) is 10.2 Å². The first kappa shape index (κ1) is 30.9. The average molecular weight is 571 g/mol. The third-order valence-corrected chi connectivity index (χ3v) is 8.13. The Morgan fingerprint density at radius 2 is 1.65 bits per heavy atom. The molecule has 0 aliphatic heterocycles. The van der Waals surface area contributed by atoms with Gasteiger partial charge in [-0.15, -0.1) is 0 Å². The Balaban J connectivity index is 2.24. The Hall–Kier alpha value is -2.29. The molecular weight excluding hydrogens is 533 g/mol. The van der Waals surface area contributed by atoms with E-state index < -0.39 is 16.1 Å². The molecule has 37 heavy (non-hydrogen) atoms. The van der Waals surface area contributed by atoms with Gasteiger partial charge in [-0.05, 0) is 62.9 Å². The van der Waals surface area contributed by atoms with E-state index in [9.17, 15) is 18.0 Å². The molecule has 0 aliphatic rings. The number of nitrogens with zero attached hydrogens (tertiary/aromatic N) is 2. The number of benzene rings is 2. The van der Waals surface area contributed by atoms with Crippen LogP contribution in [0.5, 0.6) is 0 Å². The molecule has 10 heteroatoms. The van der Waals surface area contributed by atoms with Gasteiger partial charge in [0.2, 0.25) is 21.8 Å². The van der Waals surface area contributed by atoms with E-state index in [-0.39, 0.29) is 37.4 Å². The van der Waals surface area contributed by atoms with Crippen LogP contribution in [-0.2, 0) is 26.2 Å². The Bertz CT molecular complexity index is 1170. The molecule has 1 N–H and O–H groups in total. The van der Waals surface area contributed by atoms with Crippen molar-refractivity contribution < 1.29 is 18.0 Å². The van der Waals surface area contributed by atoms with Crippen molar-refractivity contribution in [3.05, 3.63) is 63.6 Å². The molecule has 0 aliphatic carbocycles. The highest BCUT2D eigenvalue weighted by Gasteiger charge is 2.29. The van der Waals surface area contributed by atoms with Crippen molar-refractivity contribution in [3.63, 3.8) is 0 Å². The predicted octanol–water partition coefficient (Wildman–Crippen LogP) is 5.57. The number of carbonyl (C=O) groups is 2. The number of aryl methyl sites for hydroxylation is 1. The van der Waals surface area contributed by atoms with Crippen molar-refractivity contribution >= 4 is 50.7 Å². The van der Waals surface area contributed by atoms with Gasteiger partial charge in [-0.3, -0.25) is 13.9 Å². The van der Waals surface area contributed by atoms with Crippen LogP contribution >= 0.6 is 23.2 Å². The molecule has 0 fully saturated rings. The van der Waals surface area contributed by atoms with E-state index in [1.165, 1.54) is 4.31 Å². The topological polar surface area (TPSA) is 86.8 Å². The molecule has 0 spiro atoms. The number of hydrogen-bond acceptors (Lipinski definition) is 4. The minimum atomic E-state index is -3.54. The fraction of sp³-hybridized carbons (Fsp3) is 0.481. The molecule has 0 radical (unpaired) electrons. The lowest BCUT2D eigenvalue weighted by molar-refractivity contribution is -0.141. The number of carbonyl (C=O) groups excluding carboxylic acids is 2. The Morgan fingerprint density at radius 1 is 1.00 bits per heavy atom. The summed E-state index contributed by atoms with van der Waals surface area (Å²) in [5.41, 5.74) is 2.31. The number of rotatable bonds is 13. The van der Waals surface area contributed by atoms with E-state index in [1.54, 1.807) is 35.2 Å². The Kier molecular flexibility index (Phi) is 11.7. The number of amides is 2. The molecule has 2 amide bonds. The van der Waals surface area contributed by atoms with Crippen molar-refractivity contribution in [3.8, 4) is 0 Å². The van der Waals surface area contributed by atoms with Crippen LogP contribution in [0, 0.1) is 6.92 Å². The van der Waals surface area contributed by atoms with E-state index in [0.717, 1.165) is 23.8 Å². The molecule has 2 atom stereocenters. The molecule has 204 valence electrons. The number of hydrogen-bond donors (Lipinski definition) is 1. The van der Waals surface area contributed by atoms with Gasteiger partial charge in [0.25, 0.3) is 0 Å². The third kappa shape index (κ3) is 9.20. The molecule has 0 saturated heterocycles. The highest BCUT2D eigenvalue weighted by molar-refractivity contribution is 7.92. The second-order valence-electron chi connectivity index (χ2n) is 9.29. The lowest BCUT2D eigenvalue weighted by Crippen LogP contribution is -2.50. The maximum atomic E-state index is 13.5. The van der Waals surface area contributed by atoms with Crippen LogP contribution in [0.4, 0.5) is 5.69 Å². The van der Waals surface area contributed by atoms with Crippen molar-refractivity contribution in [2.75, 3.05) is 17.1 Å². The second-order valence-corrected chi connectivity index (χ2v) is 12.0. The molecule has 7 nitrogen and oxygen atoms in total. The van der Waals surface area contributed by atoms with Gasteiger partial charge < -0.3 is 10.2 Å². The first-order chi connectivity index (χ1) is 17.4. The second kappa shape index (κ2) is 14.0. The van der Waals surface area contributed by atoms with Gasteiger partial charge in [0, 0.05) is 25.6 Å². The van der Waals surface area contributed by atoms with E-state index >= 15 is 0 Å². The van der Waals surface area contributed by atoms with E-state index in [1.807, 2.05) is 39.8 Å². The molecule has 2 aromatic carbocycles. The van der Waals surface area contributed by atoms with E-state index in [4.69, 9.17) is 23.2 Å². The average Bonchev–Trinajstić information content (AvgIpc) is 2.83. The summed E-state index contributed by atoms with van der Waals surface area (Å²) in [7, 11) is -3.54. The lowest BCUT2D eigenvalue weighted by atomic mass is 10.1. The Labute approximate surface area is 231 Å². The predicted molar refractivity (Wildman–Crippen MR) is 152 cm³/mol. The third-order valence-electron chi connectivity index (χ3n) is 6.20.